The van der Waals surface area contributed by atoms with E-state index in [1.165, 1.54) is 43.9 Å². The molecule has 2 aromatic rings. The summed E-state index contributed by atoms with van der Waals surface area (Å²) >= 11 is 1.48. The molecule has 2 atom stereocenters. The predicted octanol–water partition coefficient (Wildman–Crippen LogP) is 3.40. The fourth-order valence-corrected chi connectivity index (χ4v) is 4.97. The first kappa shape index (κ1) is 16.6. The van der Waals surface area contributed by atoms with Gasteiger partial charge in [0.15, 0.2) is 5.16 Å². The second kappa shape index (κ2) is 7.60. The third-order valence-electron chi connectivity index (χ3n) is 5.52. The number of carbonyl (C=O) groups excluding carboxylic acids is 1. The number of likely N-dealkylation sites (tertiary alicyclic amines) is 1. The molecule has 0 radical (unpaired) electrons. The van der Waals surface area contributed by atoms with Crippen molar-refractivity contribution in [3.8, 4) is 5.69 Å². The van der Waals surface area contributed by atoms with Crippen LogP contribution in [0, 0.1) is 11.8 Å². The standard InChI is InChI=1S/C19H24N4OS/c24-18(22-11-10-15-6-4-5-7-16(15)12-22)13-25-19-21-20-14-23(19)17-8-2-1-3-9-17/h1-3,8-9,14-16H,4-7,10-13H2/t15-,16-/m0/s1. The molecule has 1 aromatic carbocycles. The number of hydrogen-bond donors (Lipinski definition) is 0. The van der Waals surface area contributed by atoms with Gasteiger partial charge in [0.25, 0.3) is 0 Å². The normalized spacial score (nSPS) is 23.3. The van der Waals surface area contributed by atoms with Crippen molar-refractivity contribution in [1.29, 1.82) is 0 Å². The third-order valence-corrected chi connectivity index (χ3v) is 6.45. The highest BCUT2D eigenvalue weighted by Gasteiger charge is 2.32. The number of thioether (sulfide) groups is 1. The number of aromatic nitrogens is 3. The fourth-order valence-electron chi connectivity index (χ4n) is 4.13. The number of fused-ring (bicyclic) bond motifs is 1. The molecule has 1 amide bonds. The molecule has 1 saturated heterocycles. The number of amides is 1. The molecular weight excluding hydrogens is 332 g/mol. The van der Waals surface area contributed by atoms with Gasteiger partial charge < -0.3 is 4.90 Å². The van der Waals surface area contributed by atoms with Crippen LogP contribution >= 0.6 is 11.8 Å². The molecule has 6 heteroatoms. The van der Waals surface area contributed by atoms with Crippen LogP contribution in [0.2, 0.25) is 0 Å². The number of carbonyl (C=O) groups is 1. The summed E-state index contributed by atoms with van der Waals surface area (Å²) < 4.78 is 1.94. The largest absolute Gasteiger partial charge is 0.342 e. The molecule has 2 aliphatic rings. The molecule has 132 valence electrons. The average molecular weight is 356 g/mol. The van der Waals surface area contributed by atoms with Crippen LogP contribution in [0.25, 0.3) is 5.69 Å². The van der Waals surface area contributed by atoms with Gasteiger partial charge in [-0.15, -0.1) is 10.2 Å². The minimum absolute atomic E-state index is 0.233. The summed E-state index contributed by atoms with van der Waals surface area (Å²) in [6.45, 7) is 1.88. The molecule has 2 heterocycles. The molecule has 5 nitrogen and oxygen atoms in total. The first-order valence-electron chi connectivity index (χ1n) is 9.17. The molecule has 0 bridgehead atoms. The van der Waals surface area contributed by atoms with E-state index in [4.69, 9.17) is 0 Å². The van der Waals surface area contributed by atoms with Crippen LogP contribution in [0.1, 0.15) is 32.1 Å². The maximum atomic E-state index is 12.7. The SMILES string of the molecule is O=C(CSc1nncn1-c1ccccc1)N1CC[C@@H]2CCCC[C@H]2C1. The lowest BCUT2D eigenvalue weighted by Crippen LogP contribution is -2.45. The lowest BCUT2D eigenvalue weighted by Gasteiger charge is -2.41. The Bertz CT molecular complexity index is 717. The van der Waals surface area contributed by atoms with Gasteiger partial charge in [-0.1, -0.05) is 49.2 Å². The highest BCUT2D eigenvalue weighted by atomic mass is 32.2. The molecule has 1 aromatic heterocycles. The minimum Gasteiger partial charge on any atom is -0.342 e. The molecular formula is C19H24N4OS. The molecule has 1 aliphatic heterocycles. The van der Waals surface area contributed by atoms with Gasteiger partial charge in [-0.2, -0.15) is 0 Å². The van der Waals surface area contributed by atoms with Crippen LogP contribution < -0.4 is 0 Å². The van der Waals surface area contributed by atoms with E-state index in [0.717, 1.165) is 35.8 Å². The monoisotopic (exact) mass is 356 g/mol. The van der Waals surface area contributed by atoms with Gasteiger partial charge in [-0.25, -0.2) is 0 Å². The quantitative estimate of drug-likeness (QED) is 0.788. The molecule has 0 unspecified atom stereocenters. The summed E-state index contributed by atoms with van der Waals surface area (Å²) in [4.78, 5) is 14.7. The maximum Gasteiger partial charge on any atom is 0.233 e. The Morgan fingerprint density at radius 1 is 1.12 bits per heavy atom. The zero-order valence-electron chi connectivity index (χ0n) is 14.4. The van der Waals surface area contributed by atoms with Crippen LogP contribution in [-0.4, -0.2) is 44.4 Å². The number of para-hydroxylation sites is 1. The molecule has 0 N–H and O–H groups in total. The number of benzene rings is 1. The van der Waals surface area contributed by atoms with E-state index in [1.807, 2.05) is 34.9 Å². The summed E-state index contributed by atoms with van der Waals surface area (Å²) in [5, 5.41) is 8.96. The van der Waals surface area contributed by atoms with Crippen LogP contribution in [-0.2, 0) is 4.79 Å². The van der Waals surface area contributed by atoms with Gasteiger partial charge in [-0.05, 0) is 36.8 Å². The van der Waals surface area contributed by atoms with Gasteiger partial charge in [-0.3, -0.25) is 9.36 Å². The second-order valence-electron chi connectivity index (χ2n) is 7.04. The first-order chi connectivity index (χ1) is 12.3. The van der Waals surface area contributed by atoms with Crippen molar-refractivity contribution in [1.82, 2.24) is 19.7 Å². The van der Waals surface area contributed by atoms with Gasteiger partial charge in [0.05, 0.1) is 5.75 Å². The van der Waals surface area contributed by atoms with E-state index in [-0.39, 0.29) is 5.91 Å². The second-order valence-corrected chi connectivity index (χ2v) is 7.98. The zero-order valence-corrected chi connectivity index (χ0v) is 15.2. The Labute approximate surface area is 152 Å². The first-order valence-corrected chi connectivity index (χ1v) is 10.2. The predicted molar refractivity (Wildman–Crippen MR) is 98.7 cm³/mol. The van der Waals surface area contributed by atoms with E-state index in [2.05, 4.69) is 15.1 Å². The molecule has 0 spiro atoms. The Morgan fingerprint density at radius 2 is 1.92 bits per heavy atom. The van der Waals surface area contributed by atoms with Crippen LogP contribution in [0.3, 0.4) is 0 Å². The van der Waals surface area contributed by atoms with Gasteiger partial charge >= 0.3 is 0 Å². The molecule has 1 aliphatic carbocycles. The van der Waals surface area contributed by atoms with Crippen molar-refractivity contribution in [3.63, 3.8) is 0 Å². The summed E-state index contributed by atoms with van der Waals surface area (Å²) in [5.74, 6) is 2.25. The summed E-state index contributed by atoms with van der Waals surface area (Å²) in [6, 6.07) is 10.00. The zero-order chi connectivity index (χ0) is 17.1. The number of nitrogens with zero attached hydrogens (tertiary/aromatic N) is 4. The lowest BCUT2D eigenvalue weighted by molar-refractivity contribution is -0.131. The summed E-state index contributed by atoms with van der Waals surface area (Å²) in [5.41, 5.74) is 1.02. The van der Waals surface area contributed by atoms with Crippen molar-refractivity contribution < 1.29 is 4.79 Å². The van der Waals surface area contributed by atoms with E-state index in [9.17, 15) is 4.79 Å². The topological polar surface area (TPSA) is 51.0 Å². The summed E-state index contributed by atoms with van der Waals surface area (Å²) in [7, 11) is 0. The Hall–Kier alpha value is -1.82. The average Bonchev–Trinajstić information content (AvgIpc) is 3.15. The summed E-state index contributed by atoms with van der Waals surface area (Å²) in [6.07, 6.45) is 8.25. The highest BCUT2D eigenvalue weighted by molar-refractivity contribution is 7.99. The fraction of sp³-hybridized carbons (Fsp3) is 0.526. The number of hydrogen-bond acceptors (Lipinski definition) is 4. The minimum atomic E-state index is 0.233. The number of piperidine rings is 1. The van der Waals surface area contributed by atoms with Gasteiger partial charge in [0.1, 0.15) is 6.33 Å². The smallest absolute Gasteiger partial charge is 0.233 e. The van der Waals surface area contributed by atoms with E-state index in [0.29, 0.717) is 5.75 Å². The van der Waals surface area contributed by atoms with Crippen molar-refractivity contribution in [2.75, 3.05) is 18.8 Å². The highest BCUT2D eigenvalue weighted by Crippen LogP contribution is 2.36. The Balaban J connectivity index is 1.36. The van der Waals surface area contributed by atoms with Crippen LogP contribution in [0.4, 0.5) is 0 Å². The molecule has 25 heavy (non-hydrogen) atoms. The maximum absolute atomic E-state index is 12.7. The molecule has 1 saturated carbocycles. The van der Waals surface area contributed by atoms with Crippen molar-refractivity contribution in [3.05, 3.63) is 36.7 Å². The Kier molecular flexibility index (Phi) is 5.06. The molecule has 2 fully saturated rings. The van der Waals surface area contributed by atoms with Crippen LogP contribution in [0.15, 0.2) is 41.8 Å². The lowest BCUT2D eigenvalue weighted by atomic mass is 9.75. The molecule has 4 rings (SSSR count). The Morgan fingerprint density at radius 3 is 2.76 bits per heavy atom. The van der Waals surface area contributed by atoms with Crippen molar-refractivity contribution in [2.45, 2.75) is 37.3 Å². The van der Waals surface area contributed by atoms with E-state index < -0.39 is 0 Å². The van der Waals surface area contributed by atoms with Gasteiger partial charge in [0.2, 0.25) is 5.91 Å². The van der Waals surface area contributed by atoms with Gasteiger partial charge in [0, 0.05) is 18.8 Å². The van der Waals surface area contributed by atoms with Crippen molar-refractivity contribution in [2.24, 2.45) is 11.8 Å². The third kappa shape index (κ3) is 3.73. The number of rotatable bonds is 4. The van der Waals surface area contributed by atoms with E-state index >= 15 is 0 Å². The van der Waals surface area contributed by atoms with E-state index in [1.54, 1.807) is 6.33 Å². The van der Waals surface area contributed by atoms with Crippen molar-refractivity contribution >= 4 is 17.7 Å². The van der Waals surface area contributed by atoms with Crippen LogP contribution in [0.5, 0.6) is 0 Å².